The van der Waals surface area contributed by atoms with Crippen molar-refractivity contribution < 1.29 is 22.7 Å². The molecule has 2 aliphatic rings. The van der Waals surface area contributed by atoms with Crippen LogP contribution in [0, 0.1) is 0 Å². The molecular weight excluding hydrogens is 361 g/mol. The van der Waals surface area contributed by atoms with Crippen LogP contribution in [0.3, 0.4) is 0 Å². The minimum Gasteiger partial charge on any atom is -0.365 e. The minimum absolute atomic E-state index is 0. The molecular formula is C15H22ClF3N4O2. The number of carbonyl (C=O) groups is 1. The largest absolute Gasteiger partial charge is 0.416 e. The van der Waals surface area contributed by atoms with Gasteiger partial charge in [0.2, 0.25) is 5.91 Å². The van der Waals surface area contributed by atoms with Gasteiger partial charge in [-0.15, -0.1) is 12.4 Å². The third-order valence-electron chi connectivity index (χ3n) is 4.32. The number of nitrogens with one attached hydrogen (secondary N) is 1. The van der Waals surface area contributed by atoms with Crippen molar-refractivity contribution in [3.63, 3.8) is 0 Å². The van der Waals surface area contributed by atoms with Crippen molar-refractivity contribution in [1.29, 1.82) is 0 Å². The Kier molecular flexibility index (Phi) is 6.70. The van der Waals surface area contributed by atoms with E-state index in [9.17, 15) is 18.0 Å². The van der Waals surface area contributed by atoms with Crippen molar-refractivity contribution >= 4 is 18.3 Å². The summed E-state index contributed by atoms with van der Waals surface area (Å²) in [5.74, 6) is -0.283. The number of alkyl halides is 3. The van der Waals surface area contributed by atoms with E-state index < -0.39 is 18.8 Å². The Labute approximate surface area is 150 Å². The Bertz CT molecular complexity index is 570. The number of morpholine rings is 1. The Morgan fingerprint density at radius 3 is 2.96 bits per heavy atom. The van der Waals surface area contributed by atoms with E-state index in [1.165, 1.54) is 4.90 Å². The van der Waals surface area contributed by atoms with Crippen LogP contribution in [-0.2, 0) is 29.0 Å². The smallest absolute Gasteiger partial charge is 0.365 e. The van der Waals surface area contributed by atoms with Crippen LogP contribution in [0.15, 0.2) is 6.07 Å². The molecule has 1 unspecified atom stereocenters. The lowest BCUT2D eigenvalue weighted by molar-refractivity contribution is -0.236. The summed E-state index contributed by atoms with van der Waals surface area (Å²) < 4.78 is 44.8. The predicted molar refractivity (Wildman–Crippen MR) is 86.5 cm³/mol. The van der Waals surface area contributed by atoms with E-state index >= 15 is 0 Å². The average Bonchev–Trinajstić information content (AvgIpc) is 2.81. The summed E-state index contributed by atoms with van der Waals surface area (Å²) in [6, 6.07) is 1.96. The molecule has 10 heteroatoms. The number of carbonyl (C=O) groups excluding carboxylic acids is 1. The van der Waals surface area contributed by atoms with Gasteiger partial charge in [-0.2, -0.15) is 18.3 Å². The van der Waals surface area contributed by atoms with E-state index in [4.69, 9.17) is 4.74 Å². The van der Waals surface area contributed by atoms with Gasteiger partial charge in [0, 0.05) is 32.5 Å². The zero-order valence-corrected chi connectivity index (χ0v) is 14.5. The van der Waals surface area contributed by atoms with Gasteiger partial charge >= 0.3 is 6.18 Å². The van der Waals surface area contributed by atoms with Gasteiger partial charge in [-0.25, -0.2) is 0 Å². The molecule has 142 valence electrons. The fourth-order valence-corrected chi connectivity index (χ4v) is 3.01. The van der Waals surface area contributed by atoms with Crippen molar-refractivity contribution in [3.8, 4) is 0 Å². The number of hydrogen-bond donors (Lipinski definition) is 1. The minimum atomic E-state index is -4.44. The molecule has 3 rings (SSSR count). The Hall–Kier alpha value is -1.32. The number of hydrogen-bond acceptors (Lipinski definition) is 4. The highest BCUT2D eigenvalue weighted by Crippen LogP contribution is 2.26. The Morgan fingerprint density at radius 1 is 1.40 bits per heavy atom. The summed E-state index contributed by atoms with van der Waals surface area (Å²) >= 11 is 0. The molecule has 0 bridgehead atoms. The number of amides is 1. The zero-order chi connectivity index (χ0) is 17.2. The van der Waals surface area contributed by atoms with Crippen molar-refractivity contribution in [2.24, 2.45) is 0 Å². The van der Waals surface area contributed by atoms with Crippen LogP contribution in [-0.4, -0.2) is 59.1 Å². The molecule has 1 atom stereocenters. The molecule has 3 heterocycles. The highest BCUT2D eigenvalue weighted by atomic mass is 35.5. The fourth-order valence-electron chi connectivity index (χ4n) is 3.01. The molecule has 0 spiro atoms. The van der Waals surface area contributed by atoms with Crippen LogP contribution >= 0.6 is 12.4 Å². The molecule has 6 nitrogen and oxygen atoms in total. The second kappa shape index (κ2) is 8.37. The number of nitrogens with zero attached hydrogens (tertiary/aromatic N) is 3. The van der Waals surface area contributed by atoms with Crippen molar-refractivity contribution in [3.05, 3.63) is 17.5 Å². The number of ether oxygens (including phenoxy) is 1. The summed E-state index contributed by atoms with van der Waals surface area (Å²) in [5.41, 5.74) is 1.89. The number of fused-ring (bicyclic) bond motifs is 1. The van der Waals surface area contributed by atoms with Crippen LogP contribution in [0.25, 0.3) is 0 Å². The van der Waals surface area contributed by atoms with Crippen molar-refractivity contribution in [2.75, 3.05) is 26.2 Å². The monoisotopic (exact) mass is 382 g/mol. The second-order valence-corrected chi connectivity index (χ2v) is 6.12. The molecule has 1 aromatic heterocycles. The maximum atomic E-state index is 12.7. The van der Waals surface area contributed by atoms with Gasteiger partial charge in [-0.05, 0) is 19.0 Å². The van der Waals surface area contributed by atoms with Gasteiger partial charge in [0.15, 0.2) is 6.10 Å². The highest BCUT2D eigenvalue weighted by Gasteiger charge is 2.44. The molecule has 1 aromatic rings. The van der Waals surface area contributed by atoms with Gasteiger partial charge in [0.25, 0.3) is 0 Å². The number of halogens is 4. The van der Waals surface area contributed by atoms with Crippen LogP contribution in [0.2, 0.25) is 0 Å². The third-order valence-corrected chi connectivity index (χ3v) is 4.32. The van der Waals surface area contributed by atoms with Crippen LogP contribution in [0.5, 0.6) is 0 Å². The quantitative estimate of drug-likeness (QED) is 0.861. The first-order valence-corrected chi connectivity index (χ1v) is 8.16. The molecule has 0 aromatic carbocycles. The lowest BCUT2D eigenvalue weighted by atomic mass is 10.2. The standard InChI is InChI=1S/C15H21F3N4O2.ClH/c16-15(17,18)13-10-21(6-7-24-13)14(23)3-2-11-8-12-9-19-4-1-5-22(12)20-11;/h8,13,19H,1-7,9-10H2;1H. The zero-order valence-electron chi connectivity index (χ0n) is 13.7. The highest BCUT2D eigenvalue weighted by molar-refractivity contribution is 5.85. The average molecular weight is 383 g/mol. The van der Waals surface area contributed by atoms with Crippen molar-refractivity contribution in [2.45, 2.75) is 44.6 Å². The molecule has 0 radical (unpaired) electrons. The van der Waals surface area contributed by atoms with E-state index in [-0.39, 0.29) is 37.9 Å². The summed E-state index contributed by atoms with van der Waals surface area (Å²) in [7, 11) is 0. The van der Waals surface area contributed by atoms with Crippen LogP contribution < -0.4 is 5.32 Å². The first kappa shape index (κ1) is 20.0. The number of aromatic nitrogens is 2. The normalized spacial score (nSPS) is 21.2. The van der Waals surface area contributed by atoms with E-state index in [0.717, 1.165) is 37.4 Å². The molecule has 1 saturated heterocycles. The fraction of sp³-hybridized carbons (Fsp3) is 0.733. The summed E-state index contributed by atoms with van der Waals surface area (Å²) in [6.07, 6.45) is -4.72. The maximum Gasteiger partial charge on any atom is 0.416 e. The van der Waals surface area contributed by atoms with E-state index in [0.29, 0.717) is 6.42 Å². The van der Waals surface area contributed by atoms with Gasteiger partial charge in [-0.1, -0.05) is 0 Å². The first-order chi connectivity index (χ1) is 11.4. The molecule has 1 amide bonds. The maximum absolute atomic E-state index is 12.7. The van der Waals surface area contributed by atoms with E-state index in [2.05, 4.69) is 10.4 Å². The topological polar surface area (TPSA) is 59.4 Å². The lowest BCUT2D eigenvalue weighted by Gasteiger charge is -2.33. The summed E-state index contributed by atoms with van der Waals surface area (Å²) in [5, 5.41) is 7.78. The van der Waals surface area contributed by atoms with Gasteiger partial charge in [-0.3, -0.25) is 9.48 Å². The molecule has 1 fully saturated rings. The first-order valence-electron chi connectivity index (χ1n) is 8.16. The molecule has 0 aliphatic carbocycles. The molecule has 0 saturated carbocycles. The predicted octanol–water partition coefficient (Wildman–Crippen LogP) is 1.52. The Morgan fingerprint density at radius 2 is 2.20 bits per heavy atom. The van der Waals surface area contributed by atoms with Crippen molar-refractivity contribution in [1.82, 2.24) is 20.0 Å². The summed E-state index contributed by atoms with van der Waals surface area (Å²) in [4.78, 5) is 13.4. The molecule has 2 aliphatic heterocycles. The van der Waals surface area contributed by atoms with Crippen LogP contribution in [0.1, 0.15) is 24.2 Å². The number of aryl methyl sites for hydroxylation is 2. The van der Waals surface area contributed by atoms with Gasteiger partial charge in [0.1, 0.15) is 0 Å². The Balaban J connectivity index is 0.00000225. The second-order valence-electron chi connectivity index (χ2n) is 6.12. The molecule has 1 N–H and O–H groups in total. The van der Waals surface area contributed by atoms with Gasteiger partial charge in [0.05, 0.1) is 24.5 Å². The molecule has 25 heavy (non-hydrogen) atoms. The van der Waals surface area contributed by atoms with Crippen LogP contribution in [0.4, 0.5) is 13.2 Å². The van der Waals surface area contributed by atoms with Gasteiger partial charge < -0.3 is 15.0 Å². The van der Waals surface area contributed by atoms with E-state index in [1.807, 2.05) is 10.7 Å². The summed E-state index contributed by atoms with van der Waals surface area (Å²) in [6.45, 7) is 2.24. The van der Waals surface area contributed by atoms with E-state index in [1.54, 1.807) is 0 Å². The lowest BCUT2D eigenvalue weighted by Crippen LogP contribution is -2.51. The number of rotatable bonds is 3. The SMILES string of the molecule is Cl.O=C(CCc1cc2n(n1)CCCNC2)N1CCOC(C(F)(F)F)C1. The third kappa shape index (κ3) is 5.08.